The molecule has 1 aromatic heterocycles. The van der Waals surface area contributed by atoms with Crippen LogP contribution in [0.15, 0.2) is 157 Å². The fourth-order valence-corrected chi connectivity index (χ4v) is 10.2. The van der Waals surface area contributed by atoms with E-state index in [0.29, 0.717) is 41.5 Å². The fourth-order valence-electron chi connectivity index (χ4n) is 10.2. The predicted octanol–water partition coefficient (Wildman–Crippen LogP) is 10.0. The first-order valence-electron chi connectivity index (χ1n) is 18.1. The molecule has 0 spiro atoms. The fraction of sp³-hybridized carbons (Fsp3) is 0.234. The van der Waals surface area contributed by atoms with Crippen molar-refractivity contribution in [1.29, 1.82) is 0 Å². The van der Waals surface area contributed by atoms with E-state index in [1.165, 1.54) is 43.7 Å². The first-order valence-corrected chi connectivity index (χ1v) is 18.1. The third-order valence-electron chi connectivity index (χ3n) is 12.2. The van der Waals surface area contributed by atoms with E-state index in [4.69, 9.17) is 0 Å². The molecule has 0 saturated carbocycles. The highest BCUT2D eigenvalue weighted by Gasteiger charge is 2.43. The second-order valence-corrected chi connectivity index (χ2v) is 14.6. The van der Waals surface area contributed by atoms with Crippen molar-refractivity contribution in [1.82, 2.24) is 4.57 Å². The van der Waals surface area contributed by atoms with Crippen LogP contribution in [-0.2, 0) is 0 Å². The first-order chi connectivity index (χ1) is 23.8. The van der Waals surface area contributed by atoms with Gasteiger partial charge in [-0.15, -0.1) is 0 Å². The molecule has 48 heavy (non-hydrogen) atoms. The Morgan fingerprint density at radius 1 is 0.667 bits per heavy atom. The van der Waals surface area contributed by atoms with Gasteiger partial charge in [0.15, 0.2) is 0 Å². The number of nitrogens with zero attached hydrogens (tertiary/aromatic N) is 1. The van der Waals surface area contributed by atoms with Crippen LogP contribution in [0.1, 0.15) is 55.3 Å². The summed E-state index contributed by atoms with van der Waals surface area (Å²) in [4.78, 5) is 0. The predicted molar refractivity (Wildman–Crippen MR) is 201 cm³/mol. The lowest BCUT2D eigenvalue weighted by atomic mass is 9.62. The standard InChI is InChI=1S/C47H41N/c1-30-15-5-13-25-42(30)48-43-26-14-12-24-40(43)46-34-19-7-6-18-33(34)41-29-32(27-28-39(41)47(46)48)45-37-22-10-8-20-35(37)44(31-16-3-2-4-17-31)36-21-9-11-23-38(36)45/h2-16,18-22,24-28,30-32,38-39,41-42H,17,23,29H2,1H3. The number of aromatic nitrogens is 1. The van der Waals surface area contributed by atoms with Crippen LogP contribution in [0.25, 0.3) is 33.2 Å². The Labute approximate surface area is 283 Å². The molecule has 1 heterocycles. The van der Waals surface area contributed by atoms with Crippen LogP contribution in [0.4, 0.5) is 0 Å². The Bertz CT molecular complexity index is 2330. The average Bonchev–Trinajstić information content (AvgIpc) is 3.49. The molecular formula is C47H41N. The lowest BCUT2D eigenvalue weighted by Gasteiger charge is -2.42. The van der Waals surface area contributed by atoms with Crippen molar-refractivity contribution in [2.75, 3.05) is 0 Å². The van der Waals surface area contributed by atoms with Gasteiger partial charge in [0.05, 0.1) is 6.04 Å². The quantitative estimate of drug-likeness (QED) is 0.201. The summed E-state index contributed by atoms with van der Waals surface area (Å²) in [6.45, 7) is 2.37. The van der Waals surface area contributed by atoms with E-state index < -0.39 is 0 Å². The first kappa shape index (κ1) is 28.2. The number of rotatable bonds is 3. The number of hydrogen-bond donors (Lipinski definition) is 0. The van der Waals surface area contributed by atoms with Crippen LogP contribution in [0.2, 0.25) is 0 Å². The second-order valence-electron chi connectivity index (χ2n) is 14.6. The van der Waals surface area contributed by atoms with E-state index in [2.05, 4.69) is 163 Å². The van der Waals surface area contributed by atoms with Gasteiger partial charge >= 0.3 is 0 Å². The Morgan fingerprint density at radius 3 is 2.35 bits per heavy atom. The number of allylic oxidation sites excluding steroid dienone is 14. The van der Waals surface area contributed by atoms with Crippen molar-refractivity contribution in [3.05, 3.63) is 179 Å². The van der Waals surface area contributed by atoms with Crippen molar-refractivity contribution in [2.45, 2.75) is 44.1 Å². The molecule has 6 aliphatic rings. The largest absolute Gasteiger partial charge is 0.336 e. The molecular weight excluding hydrogens is 579 g/mol. The highest BCUT2D eigenvalue weighted by molar-refractivity contribution is 6.01. The van der Waals surface area contributed by atoms with Crippen LogP contribution in [0.3, 0.4) is 0 Å². The second kappa shape index (κ2) is 11.1. The Kier molecular flexibility index (Phi) is 6.51. The molecule has 0 amide bonds. The molecule has 7 unspecified atom stereocenters. The van der Waals surface area contributed by atoms with Gasteiger partial charge in [0.2, 0.25) is 0 Å². The molecule has 0 fully saturated rings. The van der Waals surface area contributed by atoms with Crippen molar-refractivity contribution in [3.8, 4) is 11.1 Å². The Balaban J connectivity index is 1.19. The molecule has 10 rings (SSSR count). The third-order valence-corrected chi connectivity index (χ3v) is 12.2. The Hall–Kier alpha value is -4.88. The number of hydrogen-bond acceptors (Lipinski definition) is 0. The van der Waals surface area contributed by atoms with E-state index in [-0.39, 0.29) is 0 Å². The van der Waals surface area contributed by atoms with E-state index in [1.54, 1.807) is 16.7 Å². The molecule has 1 heteroatoms. The summed E-state index contributed by atoms with van der Waals surface area (Å²) in [6.07, 6.45) is 34.2. The smallest absolute Gasteiger partial charge is 0.0582 e. The van der Waals surface area contributed by atoms with E-state index in [0.717, 1.165) is 19.3 Å². The van der Waals surface area contributed by atoms with Gasteiger partial charge < -0.3 is 4.57 Å². The summed E-state index contributed by atoms with van der Waals surface area (Å²) >= 11 is 0. The van der Waals surface area contributed by atoms with E-state index >= 15 is 0 Å². The number of benzene rings is 3. The van der Waals surface area contributed by atoms with E-state index in [1.807, 2.05) is 0 Å². The molecule has 7 atom stereocenters. The molecule has 0 saturated heterocycles. The maximum Gasteiger partial charge on any atom is 0.0582 e. The lowest BCUT2D eigenvalue weighted by Crippen LogP contribution is -2.41. The van der Waals surface area contributed by atoms with Gasteiger partial charge in [-0.1, -0.05) is 153 Å². The highest BCUT2D eigenvalue weighted by Crippen LogP contribution is 2.57. The Morgan fingerprint density at radius 2 is 1.46 bits per heavy atom. The number of para-hydroxylation sites is 1. The molecule has 234 valence electrons. The van der Waals surface area contributed by atoms with Crippen LogP contribution in [-0.4, -0.2) is 4.57 Å². The van der Waals surface area contributed by atoms with E-state index in [9.17, 15) is 0 Å². The van der Waals surface area contributed by atoms with Crippen molar-refractivity contribution in [3.63, 3.8) is 0 Å². The average molecular weight is 620 g/mol. The summed E-state index contributed by atoms with van der Waals surface area (Å²) in [5, 5.41) is 4.31. The van der Waals surface area contributed by atoms with Crippen molar-refractivity contribution < 1.29 is 0 Å². The zero-order valence-electron chi connectivity index (χ0n) is 27.5. The van der Waals surface area contributed by atoms with Crippen LogP contribution < -0.4 is 10.4 Å². The van der Waals surface area contributed by atoms with Crippen molar-refractivity contribution in [2.24, 2.45) is 23.7 Å². The topological polar surface area (TPSA) is 4.93 Å². The van der Waals surface area contributed by atoms with Gasteiger partial charge in [0.25, 0.3) is 0 Å². The van der Waals surface area contributed by atoms with Gasteiger partial charge in [-0.05, 0) is 81.4 Å². The highest BCUT2D eigenvalue weighted by atomic mass is 15.0. The zero-order valence-corrected chi connectivity index (χ0v) is 27.5. The maximum absolute atomic E-state index is 2.72. The molecule has 4 aromatic rings. The zero-order chi connectivity index (χ0) is 31.8. The van der Waals surface area contributed by atoms with Gasteiger partial charge in [-0.25, -0.2) is 0 Å². The number of fused-ring (bicyclic) bond motifs is 10. The lowest BCUT2D eigenvalue weighted by molar-refractivity contribution is 0.437. The summed E-state index contributed by atoms with van der Waals surface area (Å²) in [5.74, 6) is 2.44. The van der Waals surface area contributed by atoms with Crippen molar-refractivity contribution >= 4 is 22.0 Å². The molecule has 0 aliphatic heterocycles. The molecule has 6 aliphatic carbocycles. The minimum atomic E-state index is 0.305. The molecule has 0 bridgehead atoms. The molecule has 3 aromatic carbocycles. The van der Waals surface area contributed by atoms with Gasteiger partial charge in [0.1, 0.15) is 0 Å². The minimum Gasteiger partial charge on any atom is -0.336 e. The normalized spacial score (nSPS) is 29.3. The minimum absolute atomic E-state index is 0.305. The maximum atomic E-state index is 2.72. The third kappa shape index (κ3) is 4.10. The summed E-state index contributed by atoms with van der Waals surface area (Å²) in [6, 6.07) is 28.2. The SMILES string of the molecule is CC1C=CC=CC1n1c2c(c3ccccc31)-c1ccccc1C1CC(C3=c4ccccc4=C(C4C=CC=CC4)C4=CC=CCC43)C=CC21. The summed E-state index contributed by atoms with van der Waals surface area (Å²) in [7, 11) is 0. The van der Waals surface area contributed by atoms with Crippen LogP contribution in [0.5, 0.6) is 0 Å². The monoisotopic (exact) mass is 619 g/mol. The molecule has 1 nitrogen and oxygen atoms in total. The van der Waals surface area contributed by atoms with Gasteiger partial charge in [0, 0.05) is 39.9 Å². The summed E-state index contributed by atoms with van der Waals surface area (Å²) < 4.78 is 2.72. The van der Waals surface area contributed by atoms with Gasteiger partial charge in [-0.2, -0.15) is 0 Å². The molecule has 0 radical (unpaired) electrons. The van der Waals surface area contributed by atoms with Crippen LogP contribution in [0, 0.1) is 23.7 Å². The molecule has 0 N–H and O–H groups in total. The van der Waals surface area contributed by atoms with Gasteiger partial charge in [-0.3, -0.25) is 0 Å². The van der Waals surface area contributed by atoms with Crippen LogP contribution >= 0.6 is 0 Å². The summed E-state index contributed by atoms with van der Waals surface area (Å²) in [5.41, 5.74) is 12.0.